The summed E-state index contributed by atoms with van der Waals surface area (Å²) >= 11 is 6.19. The molecule has 0 amide bonds. The molecule has 0 aliphatic carbocycles. The predicted molar refractivity (Wildman–Crippen MR) is 96.1 cm³/mol. The van der Waals surface area contributed by atoms with E-state index in [2.05, 4.69) is 0 Å². The molecule has 2 aromatic carbocycles. The highest BCUT2D eigenvalue weighted by atomic mass is 35.5. The van der Waals surface area contributed by atoms with Gasteiger partial charge in [-0.25, -0.2) is 4.39 Å². The first-order valence-corrected chi connectivity index (χ1v) is 8.69. The van der Waals surface area contributed by atoms with Gasteiger partial charge in [-0.15, -0.1) is 0 Å². The van der Waals surface area contributed by atoms with E-state index in [9.17, 15) is 19.7 Å². The van der Waals surface area contributed by atoms with Crippen LogP contribution in [0.15, 0.2) is 42.5 Å². The fraction of sp³-hybridized carbons (Fsp3) is 0.368. The third-order valence-corrected chi connectivity index (χ3v) is 4.75. The second kappa shape index (κ2) is 8.41. The lowest BCUT2D eigenvalue weighted by molar-refractivity contribution is -0.227. The van der Waals surface area contributed by atoms with Crippen LogP contribution in [0.25, 0.3) is 0 Å². The number of methoxy groups -OCH3 is 1. The Morgan fingerprint density at radius 1 is 1.00 bits per heavy atom. The van der Waals surface area contributed by atoms with Gasteiger partial charge in [-0.3, -0.25) is 0 Å². The fourth-order valence-corrected chi connectivity index (χ4v) is 3.06. The number of benzene rings is 2. The third-order valence-electron chi connectivity index (χ3n) is 4.44. The standard InChI is InChI=1S/C19H20ClFO6/c1-25-11-3-5-12(6-4-11)26-14-8-10(2-7-13(14)20)19-18(24)17(23)16(22)15(9-21)27-19/h2-8,15-19,22-24H,9H2,1H3/t15-,16-,17+,18-,19+/m1/s1. The van der Waals surface area contributed by atoms with E-state index in [-0.39, 0.29) is 0 Å². The van der Waals surface area contributed by atoms with Crippen LogP contribution < -0.4 is 9.47 Å². The molecule has 1 aliphatic heterocycles. The Balaban J connectivity index is 1.85. The molecule has 8 heteroatoms. The lowest BCUT2D eigenvalue weighted by Crippen LogP contribution is -2.54. The quantitative estimate of drug-likeness (QED) is 0.717. The Labute approximate surface area is 160 Å². The molecular weight excluding hydrogens is 379 g/mol. The normalized spacial score (nSPS) is 28.0. The van der Waals surface area contributed by atoms with Gasteiger partial charge < -0.3 is 29.5 Å². The molecule has 1 heterocycles. The number of alkyl halides is 1. The van der Waals surface area contributed by atoms with E-state index < -0.39 is 37.2 Å². The van der Waals surface area contributed by atoms with Crippen molar-refractivity contribution in [3.8, 4) is 17.2 Å². The van der Waals surface area contributed by atoms with Gasteiger partial charge in [0.1, 0.15) is 54.4 Å². The summed E-state index contributed by atoms with van der Waals surface area (Å²) in [4.78, 5) is 0. The number of ether oxygens (including phenoxy) is 3. The molecule has 1 aliphatic rings. The van der Waals surface area contributed by atoms with Gasteiger partial charge >= 0.3 is 0 Å². The summed E-state index contributed by atoms with van der Waals surface area (Å²) in [5.74, 6) is 1.48. The Morgan fingerprint density at radius 2 is 1.67 bits per heavy atom. The van der Waals surface area contributed by atoms with Crippen molar-refractivity contribution in [3.05, 3.63) is 53.1 Å². The van der Waals surface area contributed by atoms with Crippen molar-refractivity contribution in [2.24, 2.45) is 0 Å². The Bertz CT molecular complexity index is 769. The highest BCUT2D eigenvalue weighted by Crippen LogP contribution is 2.37. The van der Waals surface area contributed by atoms with Crippen LogP contribution in [0, 0.1) is 0 Å². The maximum absolute atomic E-state index is 13.1. The predicted octanol–water partition coefficient (Wildman–Crippen LogP) is 2.63. The maximum atomic E-state index is 13.1. The van der Waals surface area contributed by atoms with E-state index in [0.717, 1.165) is 0 Å². The van der Waals surface area contributed by atoms with Gasteiger partial charge in [-0.05, 0) is 42.0 Å². The molecule has 0 bridgehead atoms. The average molecular weight is 399 g/mol. The topological polar surface area (TPSA) is 88.4 Å². The van der Waals surface area contributed by atoms with Gasteiger partial charge in [-0.1, -0.05) is 17.7 Å². The van der Waals surface area contributed by atoms with Crippen molar-refractivity contribution < 1.29 is 33.9 Å². The molecule has 27 heavy (non-hydrogen) atoms. The number of hydrogen-bond acceptors (Lipinski definition) is 6. The van der Waals surface area contributed by atoms with Gasteiger partial charge in [0.25, 0.3) is 0 Å². The molecule has 3 N–H and O–H groups in total. The summed E-state index contributed by atoms with van der Waals surface area (Å²) in [6.07, 6.45) is -6.76. The molecule has 0 unspecified atom stereocenters. The zero-order valence-electron chi connectivity index (χ0n) is 14.5. The second-order valence-electron chi connectivity index (χ2n) is 6.19. The van der Waals surface area contributed by atoms with E-state index in [0.29, 0.717) is 27.8 Å². The van der Waals surface area contributed by atoms with E-state index in [1.165, 1.54) is 0 Å². The molecule has 3 rings (SSSR count). The first-order chi connectivity index (χ1) is 12.9. The van der Waals surface area contributed by atoms with E-state index in [1.807, 2.05) is 0 Å². The van der Waals surface area contributed by atoms with Crippen molar-refractivity contribution in [1.29, 1.82) is 0 Å². The van der Waals surface area contributed by atoms with Gasteiger partial charge in [0.2, 0.25) is 0 Å². The molecular formula is C19H20ClFO6. The number of aliphatic hydroxyl groups excluding tert-OH is 3. The van der Waals surface area contributed by atoms with Crippen LogP contribution in [-0.4, -0.2) is 53.5 Å². The lowest BCUT2D eigenvalue weighted by Gasteiger charge is -2.40. The molecule has 5 atom stereocenters. The number of hydrogen-bond donors (Lipinski definition) is 3. The van der Waals surface area contributed by atoms with Crippen molar-refractivity contribution in [1.82, 2.24) is 0 Å². The van der Waals surface area contributed by atoms with Crippen LogP contribution in [0.3, 0.4) is 0 Å². The highest BCUT2D eigenvalue weighted by molar-refractivity contribution is 6.32. The third kappa shape index (κ3) is 4.17. The minimum atomic E-state index is -1.54. The smallest absolute Gasteiger partial charge is 0.146 e. The van der Waals surface area contributed by atoms with Gasteiger partial charge in [0.05, 0.1) is 12.1 Å². The summed E-state index contributed by atoms with van der Waals surface area (Å²) in [5.41, 5.74) is 0.430. The average Bonchev–Trinajstić information content (AvgIpc) is 2.69. The van der Waals surface area contributed by atoms with Crippen molar-refractivity contribution >= 4 is 11.6 Å². The SMILES string of the molecule is COc1ccc(Oc2cc([C@@H]3O[C@H](CF)[C@@H](O)[C@H](O)[C@H]3O)ccc2Cl)cc1. The molecule has 1 fully saturated rings. The summed E-state index contributed by atoms with van der Waals surface area (Å²) in [5, 5.41) is 30.3. The summed E-state index contributed by atoms with van der Waals surface area (Å²) in [6.45, 7) is -0.996. The summed E-state index contributed by atoms with van der Waals surface area (Å²) in [6, 6.07) is 11.5. The zero-order valence-corrected chi connectivity index (χ0v) is 15.2. The van der Waals surface area contributed by atoms with Gasteiger partial charge in [-0.2, -0.15) is 0 Å². The number of rotatable bonds is 5. The molecule has 0 spiro atoms. The number of halogens is 2. The van der Waals surface area contributed by atoms with E-state index in [1.54, 1.807) is 49.6 Å². The van der Waals surface area contributed by atoms with Crippen molar-refractivity contribution in [2.45, 2.75) is 30.5 Å². The summed E-state index contributed by atoms with van der Waals surface area (Å²) in [7, 11) is 1.56. The van der Waals surface area contributed by atoms with Crippen molar-refractivity contribution in [3.63, 3.8) is 0 Å². The Hall–Kier alpha value is -1.90. The minimum Gasteiger partial charge on any atom is -0.497 e. The Kier molecular flexibility index (Phi) is 6.18. The fourth-order valence-electron chi connectivity index (χ4n) is 2.90. The largest absolute Gasteiger partial charge is 0.497 e. The molecule has 146 valence electrons. The van der Waals surface area contributed by atoms with Crippen LogP contribution in [0.1, 0.15) is 11.7 Å². The second-order valence-corrected chi connectivity index (χ2v) is 6.60. The molecule has 6 nitrogen and oxygen atoms in total. The lowest BCUT2D eigenvalue weighted by atomic mass is 9.91. The molecule has 0 saturated carbocycles. The van der Waals surface area contributed by atoms with E-state index in [4.69, 9.17) is 25.8 Å². The molecule has 0 aromatic heterocycles. The van der Waals surface area contributed by atoms with E-state index >= 15 is 0 Å². The highest BCUT2D eigenvalue weighted by Gasteiger charge is 2.44. The van der Waals surface area contributed by atoms with Crippen LogP contribution in [0.4, 0.5) is 4.39 Å². The van der Waals surface area contributed by atoms with Gasteiger partial charge in [0, 0.05) is 0 Å². The zero-order chi connectivity index (χ0) is 19.6. The maximum Gasteiger partial charge on any atom is 0.146 e. The molecule has 1 saturated heterocycles. The van der Waals surface area contributed by atoms with Crippen LogP contribution in [0.5, 0.6) is 17.2 Å². The number of aliphatic hydroxyl groups is 3. The first-order valence-electron chi connectivity index (χ1n) is 8.31. The Morgan fingerprint density at radius 3 is 2.30 bits per heavy atom. The monoisotopic (exact) mass is 398 g/mol. The first kappa shape index (κ1) is 19.9. The molecule has 2 aromatic rings. The molecule has 0 radical (unpaired) electrons. The van der Waals surface area contributed by atoms with Gasteiger partial charge in [0.15, 0.2) is 0 Å². The minimum absolute atomic E-state index is 0.299. The van der Waals surface area contributed by atoms with Crippen LogP contribution >= 0.6 is 11.6 Å². The van der Waals surface area contributed by atoms with Crippen molar-refractivity contribution in [2.75, 3.05) is 13.8 Å². The van der Waals surface area contributed by atoms with Crippen LogP contribution in [0.2, 0.25) is 5.02 Å². The summed E-state index contributed by atoms with van der Waals surface area (Å²) < 4.78 is 29.4. The van der Waals surface area contributed by atoms with Crippen LogP contribution in [-0.2, 0) is 4.74 Å².